The smallest absolute Gasteiger partial charge is 0.246 e. The highest BCUT2D eigenvalue weighted by Crippen LogP contribution is 2.31. The van der Waals surface area contributed by atoms with E-state index in [1.807, 2.05) is 72.8 Å². The summed E-state index contributed by atoms with van der Waals surface area (Å²) in [4.78, 5) is 17.5. The van der Waals surface area contributed by atoms with Crippen LogP contribution in [0.25, 0.3) is 22.6 Å². The quantitative estimate of drug-likeness (QED) is 0.330. The SMILES string of the molecule is CNc1nccc(-c2cccnc2Oc2ccc(Nc3n[nH]c(-c4ccccc4)n3)cc2)n1. The van der Waals surface area contributed by atoms with Crippen LogP contribution in [0.3, 0.4) is 0 Å². The molecule has 2 aromatic carbocycles. The van der Waals surface area contributed by atoms with Crippen molar-refractivity contribution in [2.45, 2.75) is 0 Å². The molecule has 5 aromatic rings. The number of benzene rings is 2. The molecular formula is C24H20N8O. The zero-order valence-electron chi connectivity index (χ0n) is 17.7. The van der Waals surface area contributed by atoms with Gasteiger partial charge in [0.25, 0.3) is 0 Å². The summed E-state index contributed by atoms with van der Waals surface area (Å²) >= 11 is 0. The van der Waals surface area contributed by atoms with Crippen LogP contribution in [0.1, 0.15) is 0 Å². The van der Waals surface area contributed by atoms with Gasteiger partial charge in [0.2, 0.25) is 17.8 Å². The van der Waals surface area contributed by atoms with Crippen LogP contribution in [0.5, 0.6) is 11.6 Å². The third-order valence-corrected chi connectivity index (χ3v) is 4.78. The van der Waals surface area contributed by atoms with Crippen LogP contribution in [0.15, 0.2) is 85.2 Å². The van der Waals surface area contributed by atoms with Gasteiger partial charge in [-0.25, -0.2) is 15.0 Å². The van der Waals surface area contributed by atoms with Gasteiger partial charge in [0, 0.05) is 30.7 Å². The largest absolute Gasteiger partial charge is 0.438 e. The number of anilines is 3. The van der Waals surface area contributed by atoms with E-state index in [1.165, 1.54) is 0 Å². The summed E-state index contributed by atoms with van der Waals surface area (Å²) in [6.07, 6.45) is 3.38. The van der Waals surface area contributed by atoms with Crippen molar-refractivity contribution in [1.29, 1.82) is 0 Å². The summed E-state index contributed by atoms with van der Waals surface area (Å²) in [5.41, 5.74) is 3.29. The van der Waals surface area contributed by atoms with Crippen molar-refractivity contribution >= 4 is 17.6 Å². The molecule has 5 rings (SSSR count). The van der Waals surface area contributed by atoms with E-state index in [0.717, 1.165) is 22.5 Å². The highest BCUT2D eigenvalue weighted by atomic mass is 16.5. The van der Waals surface area contributed by atoms with Crippen LogP contribution >= 0.6 is 0 Å². The molecular weight excluding hydrogens is 416 g/mol. The molecule has 0 aliphatic rings. The fraction of sp³-hybridized carbons (Fsp3) is 0.0417. The maximum atomic E-state index is 6.05. The van der Waals surface area contributed by atoms with Crippen LogP contribution in [0.4, 0.5) is 17.6 Å². The van der Waals surface area contributed by atoms with Gasteiger partial charge < -0.3 is 15.4 Å². The lowest BCUT2D eigenvalue weighted by Gasteiger charge is -2.10. The molecule has 3 N–H and O–H groups in total. The van der Waals surface area contributed by atoms with Crippen molar-refractivity contribution in [3.63, 3.8) is 0 Å². The number of hydrogen-bond acceptors (Lipinski definition) is 8. The fourth-order valence-corrected chi connectivity index (χ4v) is 3.19. The third kappa shape index (κ3) is 4.62. The molecule has 0 saturated heterocycles. The zero-order valence-corrected chi connectivity index (χ0v) is 17.7. The summed E-state index contributed by atoms with van der Waals surface area (Å²) in [6, 6.07) is 22.9. The molecule has 0 atom stereocenters. The molecule has 0 fully saturated rings. The topological polar surface area (TPSA) is 114 Å². The predicted octanol–water partition coefficient (Wildman–Crippen LogP) is 4.90. The number of aromatic nitrogens is 6. The molecule has 0 aliphatic carbocycles. The number of aromatic amines is 1. The van der Waals surface area contributed by atoms with Gasteiger partial charge in [-0.15, -0.1) is 5.10 Å². The zero-order chi connectivity index (χ0) is 22.5. The molecule has 9 heteroatoms. The standard InChI is InChI=1S/C24H20N8O/c1-25-23-27-15-13-20(29-23)19-8-5-14-26-22(19)33-18-11-9-17(10-12-18)28-24-30-21(31-32-24)16-6-3-2-4-7-16/h2-15H,1H3,(H,25,27,29)(H2,28,30,31,32). The molecule has 0 amide bonds. The molecule has 0 aliphatic heterocycles. The van der Waals surface area contributed by atoms with Crippen LogP contribution < -0.4 is 15.4 Å². The minimum absolute atomic E-state index is 0.459. The Bertz CT molecular complexity index is 1350. The van der Waals surface area contributed by atoms with Crippen molar-refractivity contribution in [1.82, 2.24) is 30.1 Å². The van der Waals surface area contributed by atoms with Crippen LogP contribution in [0.2, 0.25) is 0 Å². The first-order valence-corrected chi connectivity index (χ1v) is 10.3. The van der Waals surface area contributed by atoms with Gasteiger partial charge in [-0.3, -0.25) is 5.10 Å². The van der Waals surface area contributed by atoms with E-state index in [2.05, 4.69) is 40.8 Å². The number of nitrogens with zero attached hydrogens (tertiary/aromatic N) is 5. The van der Waals surface area contributed by atoms with Gasteiger partial charge in [-0.05, 0) is 42.5 Å². The Morgan fingerprint density at radius 2 is 1.64 bits per heavy atom. The summed E-state index contributed by atoms with van der Waals surface area (Å²) in [5.74, 6) is 2.81. The van der Waals surface area contributed by atoms with Gasteiger partial charge >= 0.3 is 0 Å². The summed E-state index contributed by atoms with van der Waals surface area (Å²) in [5, 5.41) is 13.3. The number of ether oxygens (including phenoxy) is 1. The number of rotatable bonds is 7. The molecule has 0 spiro atoms. The number of nitrogens with one attached hydrogen (secondary N) is 3. The Morgan fingerprint density at radius 1 is 0.788 bits per heavy atom. The predicted molar refractivity (Wildman–Crippen MR) is 126 cm³/mol. The Labute approximate surface area is 190 Å². The molecule has 3 heterocycles. The lowest BCUT2D eigenvalue weighted by atomic mass is 10.2. The Morgan fingerprint density at radius 3 is 2.45 bits per heavy atom. The van der Waals surface area contributed by atoms with E-state index in [0.29, 0.717) is 29.4 Å². The highest BCUT2D eigenvalue weighted by molar-refractivity contribution is 5.66. The molecule has 9 nitrogen and oxygen atoms in total. The lowest BCUT2D eigenvalue weighted by Crippen LogP contribution is -1.98. The summed E-state index contributed by atoms with van der Waals surface area (Å²) < 4.78 is 6.05. The molecule has 33 heavy (non-hydrogen) atoms. The molecule has 0 radical (unpaired) electrons. The minimum atomic E-state index is 0.459. The third-order valence-electron chi connectivity index (χ3n) is 4.78. The van der Waals surface area contributed by atoms with Crippen molar-refractivity contribution in [3.8, 4) is 34.3 Å². The number of hydrogen-bond donors (Lipinski definition) is 3. The molecule has 0 saturated carbocycles. The van der Waals surface area contributed by atoms with Crippen LogP contribution in [-0.2, 0) is 0 Å². The van der Waals surface area contributed by atoms with Crippen molar-refractivity contribution < 1.29 is 4.74 Å². The van der Waals surface area contributed by atoms with E-state index < -0.39 is 0 Å². The van der Waals surface area contributed by atoms with Gasteiger partial charge in [0.05, 0.1) is 11.3 Å². The van der Waals surface area contributed by atoms with Gasteiger partial charge in [0.1, 0.15) is 5.75 Å². The van der Waals surface area contributed by atoms with Gasteiger partial charge in [0.15, 0.2) is 5.82 Å². The van der Waals surface area contributed by atoms with Crippen LogP contribution in [-0.4, -0.2) is 37.2 Å². The first-order chi connectivity index (χ1) is 16.3. The first-order valence-electron chi connectivity index (χ1n) is 10.3. The van der Waals surface area contributed by atoms with E-state index in [4.69, 9.17) is 4.74 Å². The average Bonchev–Trinajstić information content (AvgIpc) is 3.35. The molecule has 3 aromatic heterocycles. The highest BCUT2D eigenvalue weighted by Gasteiger charge is 2.11. The number of H-pyrrole nitrogens is 1. The average molecular weight is 436 g/mol. The Balaban J connectivity index is 1.31. The Hall–Kier alpha value is -4.79. The van der Waals surface area contributed by atoms with Gasteiger partial charge in [-0.1, -0.05) is 30.3 Å². The summed E-state index contributed by atoms with van der Waals surface area (Å²) in [7, 11) is 1.77. The normalized spacial score (nSPS) is 10.6. The lowest BCUT2D eigenvalue weighted by molar-refractivity contribution is 0.465. The van der Waals surface area contributed by atoms with Gasteiger partial charge in [-0.2, -0.15) is 4.98 Å². The maximum Gasteiger partial charge on any atom is 0.246 e. The fourth-order valence-electron chi connectivity index (χ4n) is 3.19. The molecule has 0 bridgehead atoms. The second-order valence-corrected chi connectivity index (χ2v) is 7.00. The summed E-state index contributed by atoms with van der Waals surface area (Å²) in [6.45, 7) is 0. The van der Waals surface area contributed by atoms with Crippen LogP contribution in [0, 0.1) is 0 Å². The Kier molecular flexibility index (Phi) is 5.58. The minimum Gasteiger partial charge on any atom is -0.438 e. The molecule has 0 unspecified atom stereocenters. The number of pyridine rings is 1. The van der Waals surface area contributed by atoms with E-state index >= 15 is 0 Å². The first kappa shape index (κ1) is 20.1. The van der Waals surface area contributed by atoms with E-state index in [9.17, 15) is 0 Å². The second kappa shape index (κ2) is 9.15. The second-order valence-electron chi connectivity index (χ2n) is 7.00. The van der Waals surface area contributed by atoms with Crippen molar-refractivity contribution in [3.05, 3.63) is 85.2 Å². The van der Waals surface area contributed by atoms with E-state index in [1.54, 1.807) is 19.4 Å². The van der Waals surface area contributed by atoms with E-state index in [-0.39, 0.29) is 0 Å². The molecule has 162 valence electrons. The maximum absolute atomic E-state index is 6.05. The monoisotopic (exact) mass is 436 g/mol. The van der Waals surface area contributed by atoms with Crippen molar-refractivity contribution in [2.75, 3.05) is 17.7 Å². The van der Waals surface area contributed by atoms with Crippen molar-refractivity contribution in [2.24, 2.45) is 0 Å².